The van der Waals surface area contributed by atoms with Crippen molar-refractivity contribution in [2.45, 2.75) is 23.6 Å². The summed E-state index contributed by atoms with van der Waals surface area (Å²) in [5.41, 5.74) is 3.16. The summed E-state index contributed by atoms with van der Waals surface area (Å²) in [7, 11) is 2.87. The molecule has 55 heavy (non-hydrogen) atoms. The molecule has 280 valence electrons. The van der Waals surface area contributed by atoms with Gasteiger partial charge in [-0.1, -0.05) is 108 Å². The summed E-state index contributed by atoms with van der Waals surface area (Å²) in [6.07, 6.45) is 0. The van der Waals surface area contributed by atoms with Crippen molar-refractivity contribution in [3.63, 3.8) is 0 Å². The summed E-state index contributed by atoms with van der Waals surface area (Å²) in [6, 6.07) is 36.1. The summed E-state index contributed by atoms with van der Waals surface area (Å²) in [6.45, 7) is -0.0145. The van der Waals surface area contributed by atoms with Crippen LogP contribution in [0.3, 0.4) is 0 Å². The number of anilines is 1. The Morgan fingerprint density at radius 3 is 2.05 bits per heavy atom. The Bertz CT molecular complexity index is 2120. The van der Waals surface area contributed by atoms with Crippen molar-refractivity contribution >= 4 is 63.5 Å². The molecule has 2 amide bonds. The van der Waals surface area contributed by atoms with E-state index in [1.807, 2.05) is 91.0 Å². The van der Waals surface area contributed by atoms with E-state index >= 15 is 0 Å². The highest BCUT2D eigenvalue weighted by Crippen LogP contribution is 2.42. The first kappa shape index (κ1) is 37.6. The van der Waals surface area contributed by atoms with Crippen molar-refractivity contribution in [2.75, 3.05) is 31.2 Å². The molecular formula is C40H35ClN6O6S2. The van der Waals surface area contributed by atoms with Crippen LogP contribution in [0.5, 0.6) is 5.75 Å². The minimum Gasteiger partial charge on any atom is -0.497 e. The molecule has 15 heteroatoms. The zero-order chi connectivity index (χ0) is 38.4. The van der Waals surface area contributed by atoms with E-state index in [-0.39, 0.29) is 29.7 Å². The predicted octanol–water partition coefficient (Wildman–Crippen LogP) is 5.94. The first-order chi connectivity index (χ1) is 26.9. The highest BCUT2D eigenvalue weighted by Gasteiger charge is 2.54. The molecule has 1 fully saturated rings. The standard InChI is InChI=1S/C40H35ClN6O6S2/c1-51-30-20-18-25(19-21-30)23-53-38(50)33-26(22-41)24-54-37-32(36(49)47(33)37)42-35(48)31(45-52-2)34-43-39(55-46-34)44-40(27-12-6-3-7-13-27,28-14-8-4-9-15-28)29-16-10-5-11-17-29/h3-21,32,37H,22-24H2,1-2H3,(H,42,48)(H,43,44,46)/t32-,37-/m1/s1. The van der Waals surface area contributed by atoms with Gasteiger partial charge in [0.2, 0.25) is 16.7 Å². The van der Waals surface area contributed by atoms with Gasteiger partial charge in [0.05, 0.1) is 7.11 Å². The molecule has 1 saturated heterocycles. The maximum atomic E-state index is 13.8. The molecule has 2 atom stereocenters. The summed E-state index contributed by atoms with van der Waals surface area (Å²) in [5.74, 6) is -0.821. The summed E-state index contributed by atoms with van der Waals surface area (Å²) in [5, 5.41) is 10.2. The molecule has 2 aliphatic rings. The quantitative estimate of drug-likeness (QED) is 0.0346. The number of methoxy groups -OCH3 is 1. The molecule has 12 nitrogen and oxygen atoms in total. The number of ether oxygens (including phenoxy) is 2. The van der Waals surface area contributed by atoms with E-state index in [4.69, 9.17) is 30.9 Å². The van der Waals surface area contributed by atoms with E-state index in [1.54, 1.807) is 31.4 Å². The second-order valence-corrected chi connectivity index (χ2v) is 14.5. The van der Waals surface area contributed by atoms with Gasteiger partial charge in [-0.3, -0.25) is 14.5 Å². The third kappa shape index (κ3) is 7.53. The van der Waals surface area contributed by atoms with Crippen molar-refractivity contribution in [1.29, 1.82) is 0 Å². The number of β-lactam (4-membered cyclic amide) rings is 1. The minimum atomic E-state index is -0.973. The van der Waals surface area contributed by atoms with Crippen molar-refractivity contribution in [1.82, 2.24) is 19.6 Å². The lowest BCUT2D eigenvalue weighted by Crippen LogP contribution is -2.71. The molecule has 5 aromatic rings. The molecule has 0 bridgehead atoms. The van der Waals surface area contributed by atoms with Gasteiger partial charge in [0.15, 0.2) is 0 Å². The van der Waals surface area contributed by atoms with Gasteiger partial charge in [-0.15, -0.1) is 23.4 Å². The Morgan fingerprint density at radius 1 is 0.909 bits per heavy atom. The molecule has 0 radical (unpaired) electrons. The second kappa shape index (κ2) is 16.8. The fourth-order valence-corrected chi connectivity index (χ4v) is 8.82. The molecule has 1 aromatic heterocycles. The largest absolute Gasteiger partial charge is 0.497 e. The van der Waals surface area contributed by atoms with Crippen LogP contribution in [0.15, 0.2) is 132 Å². The van der Waals surface area contributed by atoms with E-state index < -0.39 is 34.7 Å². The first-order valence-electron chi connectivity index (χ1n) is 17.1. The number of esters is 1. The number of benzene rings is 4. The number of thioether (sulfide) groups is 1. The maximum Gasteiger partial charge on any atom is 0.355 e. The smallest absolute Gasteiger partial charge is 0.355 e. The van der Waals surface area contributed by atoms with Crippen LogP contribution in [0.1, 0.15) is 28.1 Å². The van der Waals surface area contributed by atoms with Crippen LogP contribution in [-0.4, -0.2) is 75.0 Å². The van der Waals surface area contributed by atoms with Gasteiger partial charge in [-0.05, 0) is 40.0 Å². The summed E-state index contributed by atoms with van der Waals surface area (Å²) >= 11 is 8.65. The summed E-state index contributed by atoms with van der Waals surface area (Å²) in [4.78, 5) is 51.9. The average Bonchev–Trinajstić information content (AvgIpc) is 3.71. The third-order valence-corrected chi connectivity index (χ3v) is 11.5. The number of nitrogens with one attached hydrogen (secondary N) is 2. The molecule has 0 saturated carbocycles. The number of nitrogens with zero attached hydrogens (tertiary/aromatic N) is 4. The van der Waals surface area contributed by atoms with Gasteiger partial charge in [-0.2, -0.15) is 9.36 Å². The Hall–Kier alpha value is -5.70. The van der Waals surface area contributed by atoms with Gasteiger partial charge in [0.25, 0.3) is 11.8 Å². The molecular weight excluding hydrogens is 760 g/mol. The Balaban J connectivity index is 1.10. The van der Waals surface area contributed by atoms with Crippen molar-refractivity contribution in [3.05, 3.63) is 155 Å². The molecule has 0 unspecified atom stereocenters. The van der Waals surface area contributed by atoms with Crippen LogP contribution in [0.4, 0.5) is 5.13 Å². The van der Waals surface area contributed by atoms with E-state index in [9.17, 15) is 14.4 Å². The second-order valence-electron chi connectivity index (χ2n) is 12.4. The van der Waals surface area contributed by atoms with Gasteiger partial charge in [0.1, 0.15) is 42.1 Å². The van der Waals surface area contributed by atoms with Crippen molar-refractivity contribution < 1.29 is 28.7 Å². The van der Waals surface area contributed by atoms with Gasteiger partial charge in [0, 0.05) is 23.2 Å². The lowest BCUT2D eigenvalue weighted by Gasteiger charge is -2.49. The van der Waals surface area contributed by atoms with Gasteiger partial charge >= 0.3 is 5.97 Å². The number of aromatic nitrogens is 2. The van der Waals surface area contributed by atoms with E-state index in [0.717, 1.165) is 33.8 Å². The predicted molar refractivity (Wildman–Crippen MR) is 212 cm³/mol. The molecule has 4 aromatic carbocycles. The summed E-state index contributed by atoms with van der Waals surface area (Å²) < 4.78 is 15.3. The topological polar surface area (TPSA) is 144 Å². The Kier molecular flexibility index (Phi) is 11.5. The van der Waals surface area contributed by atoms with E-state index in [2.05, 4.69) is 20.2 Å². The minimum absolute atomic E-state index is 0.00183. The number of oxime groups is 1. The zero-order valence-corrected chi connectivity index (χ0v) is 32.1. The monoisotopic (exact) mass is 794 g/mol. The molecule has 0 spiro atoms. The average molecular weight is 795 g/mol. The zero-order valence-electron chi connectivity index (χ0n) is 29.7. The van der Waals surface area contributed by atoms with Crippen LogP contribution in [0.2, 0.25) is 0 Å². The lowest BCUT2D eigenvalue weighted by atomic mass is 9.77. The van der Waals surface area contributed by atoms with Crippen molar-refractivity contribution in [2.24, 2.45) is 5.16 Å². The van der Waals surface area contributed by atoms with Gasteiger partial charge in [-0.25, -0.2) is 4.79 Å². The third-order valence-electron chi connectivity index (χ3n) is 9.17. The highest BCUT2D eigenvalue weighted by atomic mass is 35.5. The SMILES string of the molecule is CON=C(C(=O)N[C@@H]1C(=O)N2C(C(=O)OCc3ccc(OC)cc3)=C(CCl)CS[C@H]12)c1nsc(NC(c2ccccc2)(c2ccccc2)c2ccccc2)n1. The fraction of sp³-hybridized carbons (Fsp3) is 0.200. The van der Waals surface area contributed by atoms with E-state index in [0.29, 0.717) is 22.2 Å². The number of alkyl halides is 1. The number of halogens is 1. The number of amides is 2. The first-order valence-corrected chi connectivity index (χ1v) is 19.5. The van der Waals surface area contributed by atoms with Crippen LogP contribution >= 0.6 is 34.9 Å². The number of fused-ring (bicyclic) bond motifs is 1. The number of carbonyl (C=O) groups is 3. The van der Waals surface area contributed by atoms with Crippen LogP contribution in [0.25, 0.3) is 0 Å². The number of hydrogen-bond acceptors (Lipinski definition) is 12. The van der Waals surface area contributed by atoms with Crippen LogP contribution in [0, 0.1) is 0 Å². The molecule has 7 rings (SSSR count). The number of rotatable bonds is 14. The number of carbonyl (C=O) groups excluding carboxylic acids is 3. The highest BCUT2D eigenvalue weighted by molar-refractivity contribution is 8.00. The Labute approximate surface area is 330 Å². The number of hydrogen-bond donors (Lipinski definition) is 2. The molecule has 2 N–H and O–H groups in total. The molecule has 0 aliphatic carbocycles. The maximum absolute atomic E-state index is 13.8. The normalized spacial score (nSPS) is 16.8. The van der Waals surface area contributed by atoms with E-state index in [1.165, 1.54) is 23.8 Å². The van der Waals surface area contributed by atoms with Crippen LogP contribution in [-0.2, 0) is 36.1 Å². The van der Waals surface area contributed by atoms with Crippen molar-refractivity contribution in [3.8, 4) is 5.75 Å². The molecule has 3 heterocycles. The van der Waals surface area contributed by atoms with Crippen LogP contribution < -0.4 is 15.4 Å². The fourth-order valence-electron chi connectivity index (χ4n) is 6.51. The van der Waals surface area contributed by atoms with Gasteiger partial charge < -0.3 is 24.9 Å². The Morgan fingerprint density at radius 2 is 1.51 bits per heavy atom. The molecule has 2 aliphatic heterocycles. The lowest BCUT2D eigenvalue weighted by molar-refractivity contribution is -0.153.